The molecule has 1 amide bonds. The van der Waals surface area contributed by atoms with E-state index in [-0.39, 0.29) is 5.91 Å². The number of nitrogens with zero attached hydrogens (tertiary/aromatic N) is 4. The van der Waals surface area contributed by atoms with Crippen LogP contribution in [0.1, 0.15) is 24.2 Å². The zero-order valence-corrected chi connectivity index (χ0v) is 18.4. The smallest absolute Gasteiger partial charge is 0.235 e. The van der Waals surface area contributed by atoms with E-state index in [1.165, 1.54) is 0 Å². The van der Waals surface area contributed by atoms with Gasteiger partial charge in [0.1, 0.15) is 29.5 Å². The number of rotatable bonds is 7. The number of anilines is 1. The molecule has 33 heavy (non-hydrogen) atoms. The van der Waals surface area contributed by atoms with E-state index in [0.717, 1.165) is 24.2 Å². The first-order chi connectivity index (χ1) is 16.1. The van der Waals surface area contributed by atoms with Crippen molar-refractivity contribution in [1.29, 1.82) is 0 Å². The van der Waals surface area contributed by atoms with Crippen LogP contribution in [-0.2, 0) is 10.2 Å². The Morgan fingerprint density at radius 2 is 1.88 bits per heavy atom. The SMILES string of the molecule is COc1ccccc1C1(C(=O)Nc2ccc(Oc3cc(-n4ccnc4)nc(C)n3)cc2)CC1. The number of ether oxygens (including phenoxy) is 2. The number of methoxy groups -OCH3 is 1. The third-order valence-electron chi connectivity index (χ3n) is 5.71. The third kappa shape index (κ3) is 4.15. The molecule has 0 radical (unpaired) electrons. The van der Waals surface area contributed by atoms with E-state index in [9.17, 15) is 4.79 Å². The maximum absolute atomic E-state index is 13.1. The van der Waals surface area contributed by atoms with Crippen LogP contribution in [0.25, 0.3) is 5.82 Å². The lowest BCUT2D eigenvalue weighted by Crippen LogP contribution is -2.28. The van der Waals surface area contributed by atoms with Gasteiger partial charge in [-0.2, -0.15) is 4.98 Å². The monoisotopic (exact) mass is 441 g/mol. The van der Waals surface area contributed by atoms with Gasteiger partial charge in [0.15, 0.2) is 0 Å². The molecule has 166 valence electrons. The topological polar surface area (TPSA) is 91.2 Å². The maximum atomic E-state index is 13.1. The summed E-state index contributed by atoms with van der Waals surface area (Å²) in [6, 6.07) is 16.7. The van der Waals surface area contributed by atoms with Gasteiger partial charge >= 0.3 is 0 Å². The molecular formula is C25H23N5O3. The van der Waals surface area contributed by atoms with Gasteiger partial charge in [0, 0.05) is 29.7 Å². The minimum absolute atomic E-state index is 0.0305. The highest BCUT2D eigenvalue weighted by atomic mass is 16.5. The van der Waals surface area contributed by atoms with E-state index in [1.54, 1.807) is 55.5 Å². The molecule has 8 heteroatoms. The number of carbonyl (C=O) groups excluding carboxylic acids is 1. The van der Waals surface area contributed by atoms with E-state index in [2.05, 4.69) is 20.3 Å². The molecule has 1 aliphatic carbocycles. The Bertz CT molecular complexity index is 1280. The number of imidazole rings is 1. The molecule has 0 atom stereocenters. The Balaban J connectivity index is 1.29. The van der Waals surface area contributed by atoms with Crippen LogP contribution in [0.2, 0.25) is 0 Å². The molecule has 2 aromatic carbocycles. The summed E-state index contributed by atoms with van der Waals surface area (Å²) in [5.41, 5.74) is 1.09. The molecule has 1 N–H and O–H groups in total. The molecule has 0 unspecified atom stereocenters. The van der Waals surface area contributed by atoms with Gasteiger partial charge in [-0.05, 0) is 50.1 Å². The van der Waals surface area contributed by atoms with Gasteiger partial charge in [-0.3, -0.25) is 9.36 Å². The molecule has 2 aromatic heterocycles. The Labute approximate surface area is 191 Å². The minimum atomic E-state index is -0.538. The normalized spacial score (nSPS) is 13.9. The summed E-state index contributed by atoms with van der Waals surface area (Å²) in [6.45, 7) is 1.81. The molecule has 5 rings (SSSR count). The quantitative estimate of drug-likeness (QED) is 0.456. The first-order valence-electron chi connectivity index (χ1n) is 10.6. The molecule has 2 heterocycles. The van der Waals surface area contributed by atoms with Crippen molar-refractivity contribution in [2.24, 2.45) is 0 Å². The van der Waals surface area contributed by atoms with Crippen LogP contribution in [0.5, 0.6) is 17.4 Å². The number of carbonyl (C=O) groups is 1. The zero-order valence-electron chi connectivity index (χ0n) is 18.4. The summed E-state index contributed by atoms with van der Waals surface area (Å²) in [5, 5.41) is 3.04. The second kappa shape index (κ2) is 8.38. The highest BCUT2D eigenvalue weighted by Gasteiger charge is 2.52. The van der Waals surface area contributed by atoms with E-state index >= 15 is 0 Å². The highest BCUT2D eigenvalue weighted by molar-refractivity contribution is 6.01. The van der Waals surface area contributed by atoms with Crippen LogP contribution >= 0.6 is 0 Å². The van der Waals surface area contributed by atoms with E-state index in [4.69, 9.17) is 9.47 Å². The third-order valence-corrected chi connectivity index (χ3v) is 5.71. The number of aromatic nitrogens is 4. The molecule has 1 fully saturated rings. The van der Waals surface area contributed by atoms with E-state index in [1.807, 2.05) is 36.4 Å². The van der Waals surface area contributed by atoms with Crippen molar-refractivity contribution in [1.82, 2.24) is 19.5 Å². The largest absolute Gasteiger partial charge is 0.496 e. The molecule has 1 saturated carbocycles. The van der Waals surface area contributed by atoms with Crippen LogP contribution in [-0.4, -0.2) is 32.5 Å². The first kappa shape index (κ1) is 20.7. The van der Waals surface area contributed by atoms with Gasteiger partial charge in [-0.15, -0.1) is 0 Å². The summed E-state index contributed by atoms with van der Waals surface area (Å²) in [4.78, 5) is 25.9. The van der Waals surface area contributed by atoms with Crippen LogP contribution in [0.4, 0.5) is 5.69 Å². The fraction of sp³-hybridized carbons (Fsp3) is 0.200. The molecule has 0 saturated heterocycles. The van der Waals surface area contributed by atoms with Gasteiger partial charge in [-0.25, -0.2) is 9.97 Å². The molecule has 0 aliphatic heterocycles. The number of para-hydroxylation sites is 1. The van der Waals surface area contributed by atoms with Gasteiger partial charge < -0.3 is 14.8 Å². The molecule has 0 spiro atoms. The summed E-state index contributed by atoms with van der Waals surface area (Å²) >= 11 is 0. The number of amides is 1. The van der Waals surface area contributed by atoms with Crippen LogP contribution in [0.3, 0.4) is 0 Å². The van der Waals surface area contributed by atoms with Gasteiger partial charge in [0.2, 0.25) is 11.8 Å². The van der Waals surface area contributed by atoms with Crippen molar-refractivity contribution in [2.45, 2.75) is 25.2 Å². The maximum Gasteiger partial charge on any atom is 0.235 e. The predicted molar refractivity (Wildman–Crippen MR) is 123 cm³/mol. The fourth-order valence-corrected chi connectivity index (χ4v) is 3.87. The molecular weight excluding hydrogens is 418 g/mol. The minimum Gasteiger partial charge on any atom is -0.496 e. The summed E-state index contributed by atoms with van der Waals surface area (Å²) in [5.74, 6) is 3.00. The number of aryl methyl sites for hydroxylation is 1. The standard InChI is InChI=1S/C25H23N5O3/c1-17-27-22(30-14-13-26-16-30)15-23(28-17)33-19-9-7-18(8-10-19)29-24(31)25(11-12-25)20-5-3-4-6-21(20)32-2/h3-10,13-16H,11-12H2,1-2H3,(H,29,31). The molecule has 0 bridgehead atoms. The summed E-state index contributed by atoms with van der Waals surface area (Å²) in [6.07, 6.45) is 6.76. The van der Waals surface area contributed by atoms with Crippen LogP contribution < -0.4 is 14.8 Å². The summed E-state index contributed by atoms with van der Waals surface area (Å²) < 4.78 is 13.2. The van der Waals surface area contributed by atoms with Crippen LogP contribution in [0.15, 0.2) is 73.3 Å². The molecule has 8 nitrogen and oxygen atoms in total. The van der Waals surface area contributed by atoms with Crippen molar-refractivity contribution < 1.29 is 14.3 Å². The second-order valence-corrected chi connectivity index (χ2v) is 7.94. The molecule has 4 aromatic rings. The van der Waals surface area contributed by atoms with Crippen molar-refractivity contribution in [3.05, 3.63) is 84.7 Å². The van der Waals surface area contributed by atoms with Crippen molar-refractivity contribution >= 4 is 11.6 Å². The number of hydrogen-bond donors (Lipinski definition) is 1. The van der Waals surface area contributed by atoms with Gasteiger partial charge in [-0.1, -0.05) is 18.2 Å². The number of benzene rings is 2. The van der Waals surface area contributed by atoms with E-state index in [0.29, 0.717) is 29.0 Å². The Hall–Kier alpha value is -4.20. The van der Waals surface area contributed by atoms with Crippen LogP contribution in [0, 0.1) is 6.92 Å². The lowest BCUT2D eigenvalue weighted by molar-refractivity contribution is -0.118. The lowest BCUT2D eigenvalue weighted by atomic mass is 9.94. The van der Waals surface area contributed by atoms with Crippen molar-refractivity contribution in [3.63, 3.8) is 0 Å². The molecule has 1 aliphatic rings. The second-order valence-electron chi connectivity index (χ2n) is 7.94. The van der Waals surface area contributed by atoms with Crippen molar-refractivity contribution in [2.75, 3.05) is 12.4 Å². The zero-order chi connectivity index (χ0) is 22.8. The van der Waals surface area contributed by atoms with Gasteiger partial charge in [0.05, 0.1) is 12.5 Å². The summed E-state index contributed by atoms with van der Waals surface area (Å²) in [7, 11) is 1.63. The van der Waals surface area contributed by atoms with Crippen molar-refractivity contribution in [3.8, 4) is 23.2 Å². The Kier molecular flexibility index (Phi) is 5.26. The Morgan fingerprint density at radius 1 is 1.09 bits per heavy atom. The fourth-order valence-electron chi connectivity index (χ4n) is 3.87. The highest BCUT2D eigenvalue weighted by Crippen LogP contribution is 2.52. The lowest BCUT2D eigenvalue weighted by Gasteiger charge is -2.18. The Morgan fingerprint density at radius 3 is 2.58 bits per heavy atom. The first-order valence-corrected chi connectivity index (χ1v) is 10.6. The number of hydrogen-bond acceptors (Lipinski definition) is 6. The van der Waals surface area contributed by atoms with Gasteiger partial charge in [0.25, 0.3) is 0 Å². The average Bonchev–Trinajstić information content (AvgIpc) is 3.45. The predicted octanol–water partition coefficient (Wildman–Crippen LogP) is 4.44. The average molecular weight is 441 g/mol. The van der Waals surface area contributed by atoms with E-state index < -0.39 is 5.41 Å². The number of nitrogens with one attached hydrogen (secondary N) is 1.